The molecule has 0 heterocycles. The van der Waals surface area contributed by atoms with E-state index in [1.54, 1.807) is 18.2 Å². The van der Waals surface area contributed by atoms with Gasteiger partial charge in [-0.3, -0.25) is 4.79 Å². The van der Waals surface area contributed by atoms with E-state index in [1.165, 1.54) is 13.0 Å². The van der Waals surface area contributed by atoms with E-state index in [9.17, 15) is 13.2 Å². The van der Waals surface area contributed by atoms with Crippen molar-refractivity contribution in [3.63, 3.8) is 0 Å². The maximum Gasteiger partial charge on any atom is 0.255 e. The molecule has 0 saturated heterocycles. The van der Waals surface area contributed by atoms with Gasteiger partial charge in [-0.05, 0) is 18.2 Å². The van der Waals surface area contributed by atoms with Gasteiger partial charge < -0.3 is 11.1 Å². The minimum Gasteiger partial charge on any atom is -0.399 e. The SMILES string of the molecule is CCS(=O)(=O)C=CNC(=O)c1cccc(N)c1. The Morgan fingerprint density at radius 3 is 2.76 bits per heavy atom. The monoisotopic (exact) mass is 254 g/mol. The van der Waals surface area contributed by atoms with E-state index in [2.05, 4.69) is 5.32 Å². The fourth-order valence-electron chi connectivity index (χ4n) is 1.07. The van der Waals surface area contributed by atoms with Crippen molar-refractivity contribution >= 4 is 21.4 Å². The van der Waals surface area contributed by atoms with Gasteiger partial charge in [0, 0.05) is 22.9 Å². The number of nitrogen functional groups attached to an aromatic ring is 1. The molecule has 1 rings (SSSR count). The van der Waals surface area contributed by atoms with E-state index in [-0.39, 0.29) is 5.75 Å². The van der Waals surface area contributed by atoms with Crippen molar-refractivity contribution in [1.29, 1.82) is 0 Å². The predicted molar refractivity (Wildman–Crippen MR) is 66.9 cm³/mol. The van der Waals surface area contributed by atoms with Crippen LogP contribution >= 0.6 is 0 Å². The van der Waals surface area contributed by atoms with Crippen molar-refractivity contribution in [3.05, 3.63) is 41.4 Å². The van der Waals surface area contributed by atoms with Crippen LogP contribution in [0.1, 0.15) is 17.3 Å². The van der Waals surface area contributed by atoms with Crippen molar-refractivity contribution < 1.29 is 13.2 Å². The second-order valence-corrected chi connectivity index (χ2v) is 5.53. The van der Waals surface area contributed by atoms with E-state index in [0.29, 0.717) is 11.3 Å². The molecule has 1 aromatic rings. The van der Waals surface area contributed by atoms with Crippen LogP contribution < -0.4 is 11.1 Å². The highest BCUT2D eigenvalue weighted by Gasteiger charge is 2.04. The van der Waals surface area contributed by atoms with Crippen molar-refractivity contribution in [2.75, 3.05) is 11.5 Å². The van der Waals surface area contributed by atoms with Gasteiger partial charge in [0.25, 0.3) is 5.91 Å². The number of anilines is 1. The lowest BCUT2D eigenvalue weighted by Crippen LogP contribution is -2.17. The Morgan fingerprint density at radius 2 is 2.18 bits per heavy atom. The molecular formula is C11H14N2O3S. The Bertz CT molecular complexity index is 535. The first-order valence-corrected chi connectivity index (χ1v) is 6.72. The summed E-state index contributed by atoms with van der Waals surface area (Å²) in [5, 5.41) is 3.33. The molecule has 0 radical (unpaired) electrons. The molecule has 1 aromatic carbocycles. The molecule has 6 heteroatoms. The van der Waals surface area contributed by atoms with E-state index in [4.69, 9.17) is 5.73 Å². The summed E-state index contributed by atoms with van der Waals surface area (Å²) in [6.45, 7) is 1.53. The second-order valence-electron chi connectivity index (χ2n) is 3.35. The summed E-state index contributed by atoms with van der Waals surface area (Å²) in [5.41, 5.74) is 6.38. The van der Waals surface area contributed by atoms with Crippen molar-refractivity contribution in [1.82, 2.24) is 5.32 Å². The molecule has 0 aliphatic rings. The summed E-state index contributed by atoms with van der Waals surface area (Å²) in [5.74, 6) is -0.405. The molecule has 17 heavy (non-hydrogen) atoms. The molecule has 0 aliphatic heterocycles. The molecular weight excluding hydrogens is 240 g/mol. The molecule has 0 aliphatic carbocycles. The maximum absolute atomic E-state index is 11.6. The Kier molecular flexibility index (Phi) is 4.28. The minimum atomic E-state index is -3.23. The Labute approximate surface area is 100 Å². The van der Waals surface area contributed by atoms with Gasteiger partial charge in [0.1, 0.15) is 0 Å². The number of nitrogens with one attached hydrogen (secondary N) is 1. The van der Waals surface area contributed by atoms with Crippen molar-refractivity contribution in [2.45, 2.75) is 6.92 Å². The highest BCUT2D eigenvalue weighted by atomic mass is 32.2. The van der Waals surface area contributed by atoms with Gasteiger partial charge in [0.05, 0.1) is 5.75 Å². The van der Waals surface area contributed by atoms with Gasteiger partial charge in [-0.25, -0.2) is 8.42 Å². The normalized spacial score (nSPS) is 11.6. The van der Waals surface area contributed by atoms with Crippen LogP contribution in [-0.4, -0.2) is 20.1 Å². The summed E-state index contributed by atoms with van der Waals surface area (Å²) in [4.78, 5) is 11.6. The predicted octanol–water partition coefficient (Wildman–Crippen LogP) is 0.905. The zero-order valence-electron chi connectivity index (χ0n) is 9.38. The fourth-order valence-corrected chi connectivity index (χ4v) is 1.54. The molecule has 1 amide bonds. The van der Waals surface area contributed by atoms with Crippen molar-refractivity contribution in [2.24, 2.45) is 0 Å². The fraction of sp³-hybridized carbons (Fsp3) is 0.182. The van der Waals surface area contributed by atoms with Crippen LogP contribution in [0.15, 0.2) is 35.9 Å². The third-order valence-electron chi connectivity index (χ3n) is 2.04. The number of rotatable bonds is 4. The zero-order valence-corrected chi connectivity index (χ0v) is 10.2. The number of benzene rings is 1. The third kappa shape index (κ3) is 4.28. The van der Waals surface area contributed by atoms with Gasteiger partial charge in [0.15, 0.2) is 9.84 Å². The number of carbonyl (C=O) groups is 1. The Hall–Kier alpha value is -1.82. The third-order valence-corrected chi connectivity index (χ3v) is 3.40. The van der Waals surface area contributed by atoms with Crippen LogP contribution in [0.2, 0.25) is 0 Å². The van der Waals surface area contributed by atoms with Gasteiger partial charge in [-0.2, -0.15) is 0 Å². The lowest BCUT2D eigenvalue weighted by Gasteiger charge is -2.01. The van der Waals surface area contributed by atoms with E-state index >= 15 is 0 Å². The molecule has 5 nitrogen and oxygen atoms in total. The first-order chi connectivity index (χ1) is 7.94. The van der Waals surface area contributed by atoms with Crippen LogP contribution in [0.5, 0.6) is 0 Å². The Morgan fingerprint density at radius 1 is 1.47 bits per heavy atom. The highest BCUT2D eigenvalue weighted by molar-refractivity contribution is 7.94. The summed E-state index contributed by atoms with van der Waals surface area (Å²) in [6, 6.07) is 6.41. The molecule has 0 spiro atoms. The van der Waals surface area contributed by atoms with Crippen LogP contribution in [0.4, 0.5) is 5.69 Å². The smallest absolute Gasteiger partial charge is 0.255 e. The van der Waals surface area contributed by atoms with Crippen LogP contribution in [-0.2, 0) is 9.84 Å². The number of nitrogens with two attached hydrogens (primary N) is 1. The Balaban J connectivity index is 2.69. The summed E-state index contributed by atoms with van der Waals surface area (Å²) < 4.78 is 22.2. The summed E-state index contributed by atoms with van der Waals surface area (Å²) in [6.07, 6.45) is 1.12. The first-order valence-electron chi connectivity index (χ1n) is 5.00. The lowest BCUT2D eigenvalue weighted by molar-refractivity contribution is 0.0970. The number of hydrogen-bond acceptors (Lipinski definition) is 4. The standard InChI is InChI=1S/C11H14N2O3S/c1-2-17(15,16)7-6-13-11(14)9-4-3-5-10(12)8-9/h3-8H,2,12H2,1H3,(H,13,14). The zero-order chi connectivity index (χ0) is 12.9. The van der Waals surface area contributed by atoms with E-state index in [1.807, 2.05) is 0 Å². The average Bonchev–Trinajstić information content (AvgIpc) is 2.28. The summed E-state index contributed by atoms with van der Waals surface area (Å²) >= 11 is 0. The minimum absolute atomic E-state index is 0.00233. The first kappa shape index (κ1) is 13.2. The molecule has 0 aromatic heterocycles. The topological polar surface area (TPSA) is 89.3 Å². The van der Waals surface area contributed by atoms with Gasteiger partial charge in [-0.15, -0.1) is 0 Å². The highest BCUT2D eigenvalue weighted by Crippen LogP contribution is 2.06. The van der Waals surface area contributed by atoms with Crippen LogP contribution in [0.25, 0.3) is 0 Å². The van der Waals surface area contributed by atoms with Gasteiger partial charge >= 0.3 is 0 Å². The van der Waals surface area contributed by atoms with Crippen molar-refractivity contribution in [3.8, 4) is 0 Å². The average molecular weight is 254 g/mol. The molecule has 0 atom stereocenters. The largest absolute Gasteiger partial charge is 0.399 e. The molecule has 0 fully saturated rings. The quantitative estimate of drug-likeness (QED) is 0.781. The lowest BCUT2D eigenvalue weighted by atomic mass is 10.2. The molecule has 0 saturated carbocycles. The number of hydrogen-bond donors (Lipinski definition) is 2. The van der Waals surface area contributed by atoms with Crippen LogP contribution in [0, 0.1) is 0 Å². The molecule has 3 N–H and O–H groups in total. The number of sulfone groups is 1. The van der Waals surface area contributed by atoms with Gasteiger partial charge in [-0.1, -0.05) is 13.0 Å². The second kappa shape index (κ2) is 5.49. The molecule has 0 unspecified atom stereocenters. The van der Waals surface area contributed by atoms with E-state index < -0.39 is 15.7 Å². The maximum atomic E-state index is 11.6. The van der Waals surface area contributed by atoms with Gasteiger partial charge in [0.2, 0.25) is 0 Å². The molecule has 0 bridgehead atoms. The number of amides is 1. The summed E-state index contributed by atoms with van der Waals surface area (Å²) in [7, 11) is -3.23. The van der Waals surface area contributed by atoms with E-state index in [0.717, 1.165) is 11.6 Å². The number of carbonyl (C=O) groups excluding carboxylic acids is 1. The van der Waals surface area contributed by atoms with Crippen LogP contribution in [0.3, 0.4) is 0 Å². The molecule has 92 valence electrons.